The predicted molar refractivity (Wildman–Crippen MR) is 107 cm³/mol. The first kappa shape index (κ1) is 24.8. The van der Waals surface area contributed by atoms with E-state index in [1.165, 1.54) is 57.8 Å². The highest BCUT2D eigenvalue weighted by Crippen LogP contribution is 2.32. The monoisotopic (exact) mass is 389 g/mol. The van der Waals surface area contributed by atoms with Crippen LogP contribution in [0.4, 0.5) is 0 Å². The van der Waals surface area contributed by atoms with Crippen molar-refractivity contribution in [3.63, 3.8) is 0 Å². The van der Waals surface area contributed by atoms with Gasteiger partial charge in [0.1, 0.15) is 30.1 Å². The van der Waals surface area contributed by atoms with E-state index >= 15 is 0 Å². The van der Waals surface area contributed by atoms with Crippen molar-refractivity contribution in [3.8, 4) is 0 Å². The van der Waals surface area contributed by atoms with Gasteiger partial charge in [-0.2, -0.15) is 0 Å². The number of unbranched alkanes of at least 4 members (excludes halogenated alkanes) is 11. The highest BCUT2D eigenvalue weighted by molar-refractivity contribution is 4.99. The number of ether oxygens (including phenoxy) is 1. The molecular formula is C21H43NO5. The van der Waals surface area contributed by atoms with Crippen LogP contribution in [0.25, 0.3) is 0 Å². The van der Waals surface area contributed by atoms with E-state index in [0.29, 0.717) is 6.42 Å². The molecule has 0 bridgehead atoms. The first-order valence-electron chi connectivity index (χ1n) is 11.0. The van der Waals surface area contributed by atoms with Crippen LogP contribution in [0, 0.1) is 0 Å². The minimum absolute atomic E-state index is 0.396. The molecule has 1 fully saturated rings. The number of rotatable bonds is 15. The predicted octanol–water partition coefficient (Wildman–Crippen LogP) is 2.47. The number of hydrogen-bond acceptors (Lipinski definition) is 6. The molecule has 1 unspecified atom stereocenters. The Balaban J connectivity index is 2.18. The number of likely N-dealkylation sites (N-methyl/N-ethyl adjacent to an activating group) is 1. The Labute approximate surface area is 165 Å². The lowest BCUT2D eigenvalue weighted by atomic mass is 9.87. The normalized spacial score (nSPS) is 31.3. The molecular weight excluding hydrogens is 346 g/mol. The van der Waals surface area contributed by atoms with E-state index in [9.17, 15) is 20.4 Å². The summed E-state index contributed by atoms with van der Waals surface area (Å²) in [6, 6.07) is 0. The maximum atomic E-state index is 10.4. The van der Waals surface area contributed by atoms with Crippen LogP contribution >= 0.6 is 0 Å². The highest BCUT2D eigenvalue weighted by Gasteiger charge is 2.52. The van der Waals surface area contributed by atoms with E-state index in [4.69, 9.17) is 4.74 Å². The van der Waals surface area contributed by atoms with Crippen LogP contribution in [0.5, 0.6) is 0 Å². The summed E-state index contributed by atoms with van der Waals surface area (Å²) in [7, 11) is 1.67. The molecule has 0 spiro atoms. The minimum Gasteiger partial charge on any atom is -0.394 e. The van der Waals surface area contributed by atoms with Crippen LogP contribution in [0.3, 0.4) is 0 Å². The summed E-state index contributed by atoms with van der Waals surface area (Å²) in [4.78, 5) is 0. The van der Waals surface area contributed by atoms with Gasteiger partial charge in [-0.3, -0.25) is 5.32 Å². The molecule has 0 aromatic carbocycles. The largest absolute Gasteiger partial charge is 0.394 e. The maximum absolute atomic E-state index is 10.4. The molecule has 6 heteroatoms. The van der Waals surface area contributed by atoms with Crippen molar-refractivity contribution in [3.05, 3.63) is 0 Å². The van der Waals surface area contributed by atoms with Gasteiger partial charge in [-0.15, -0.1) is 0 Å². The molecule has 1 aliphatic rings. The van der Waals surface area contributed by atoms with Crippen molar-refractivity contribution in [1.82, 2.24) is 5.32 Å². The van der Waals surface area contributed by atoms with Gasteiger partial charge in [-0.25, -0.2) is 0 Å². The van der Waals surface area contributed by atoms with E-state index in [1.807, 2.05) is 0 Å². The molecule has 0 saturated carbocycles. The lowest BCUT2D eigenvalue weighted by Crippen LogP contribution is -2.69. The zero-order valence-corrected chi connectivity index (χ0v) is 17.4. The van der Waals surface area contributed by atoms with Gasteiger partial charge in [0.05, 0.1) is 6.61 Å². The fourth-order valence-corrected chi connectivity index (χ4v) is 4.00. The van der Waals surface area contributed by atoms with E-state index in [-0.39, 0.29) is 0 Å². The van der Waals surface area contributed by atoms with Gasteiger partial charge in [0.2, 0.25) is 0 Å². The van der Waals surface area contributed by atoms with Crippen molar-refractivity contribution >= 4 is 0 Å². The number of aliphatic hydroxyl groups is 4. The first-order chi connectivity index (χ1) is 13.0. The second-order valence-corrected chi connectivity index (χ2v) is 8.04. The third kappa shape index (κ3) is 7.95. The molecule has 1 aliphatic heterocycles. The lowest BCUT2D eigenvalue weighted by molar-refractivity contribution is -0.285. The highest BCUT2D eigenvalue weighted by atomic mass is 16.6. The Bertz CT molecular complexity index is 368. The summed E-state index contributed by atoms with van der Waals surface area (Å²) in [5.74, 6) is 0. The summed E-state index contributed by atoms with van der Waals surface area (Å²) in [5, 5.41) is 42.7. The molecule has 0 amide bonds. The molecule has 1 saturated heterocycles. The van der Waals surface area contributed by atoms with Gasteiger partial charge in [0, 0.05) is 0 Å². The van der Waals surface area contributed by atoms with E-state index in [1.54, 1.807) is 7.05 Å². The summed E-state index contributed by atoms with van der Waals surface area (Å²) in [6.45, 7) is 1.85. The van der Waals surface area contributed by atoms with Gasteiger partial charge in [0.15, 0.2) is 0 Å². The van der Waals surface area contributed by atoms with Gasteiger partial charge in [-0.1, -0.05) is 77.6 Å². The van der Waals surface area contributed by atoms with E-state index in [2.05, 4.69) is 12.2 Å². The minimum atomic E-state index is -1.33. The van der Waals surface area contributed by atoms with Crippen LogP contribution in [0.2, 0.25) is 0 Å². The average Bonchev–Trinajstić information content (AvgIpc) is 2.69. The van der Waals surface area contributed by atoms with Crippen molar-refractivity contribution < 1.29 is 25.2 Å². The number of aliphatic hydroxyl groups excluding tert-OH is 4. The Morgan fingerprint density at radius 3 is 1.70 bits per heavy atom. The van der Waals surface area contributed by atoms with Gasteiger partial charge in [-0.05, 0) is 19.9 Å². The summed E-state index contributed by atoms with van der Waals surface area (Å²) >= 11 is 0. The summed E-state index contributed by atoms with van der Waals surface area (Å²) in [6.07, 6.45) is 10.8. The molecule has 27 heavy (non-hydrogen) atoms. The van der Waals surface area contributed by atoms with Crippen molar-refractivity contribution in [1.29, 1.82) is 0 Å². The Morgan fingerprint density at radius 1 is 0.778 bits per heavy atom. The molecule has 1 rings (SSSR count). The molecule has 5 atom stereocenters. The molecule has 5 N–H and O–H groups in total. The fraction of sp³-hybridized carbons (Fsp3) is 1.00. The van der Waals surface area contributed by atoms with Crippen LogP contribution in [-0.2, 0) is 4.74 Å². The Hall–Kier alpha value is -0.240. The standard InChI is InChI=1S/C21H43NO5/c1-3-4-5-6-7-8-9-10-11-12-13-14-15-21(22-2)20(26)19(25)18(24)17(16-23)27-21/h17-20,22-26H,3-16H2,1-2H3/t17-,18-,19+,20-,21?/m1/s1. The second kappa shape index (κ2) is 13.9. The molecule has 0 aliphatic carbocycles. The zero-order valence-electron chi connectivity index (χ0n) is 17.4. The fourth-order valence-electron chi connectivity index (χ4n) is 4.00. The van der Waals surface area contributed by atoms with Crippen LogP contribution in [0.15, 0.2) is 0 Å². The SMILES string of the molecule is CCCCCCCCCCCCCCC1(NC)O[C@H](CO)[C@@H](O)[C@H](O)[C@H]1O. The van der Waals surface area contributed by atoms with Crippen LogP contribution in [-0.4, -0.2) is 64.2 Å². The Kier molecular flexibility index (Phi) is 12.7. The molecule has 1 heterocycles. The summed E-state index contributed by atoms with van der Waals surface area (Å²) < 4.78 is 5.75. The zero-order chi connectivity index (χ0) is 20.1. The quantitative estimate of drug-likeness (QED) is 0.276. The lowest BCUT2D eigenvalue weighted by Gasteiger charge is -2.48. The van der Waals surface area contributed by atoms with E-state index in [0.717, 1.165) is 19.3 Å². The third-order valence-electron chi connectivity index (χ3n) is 5.90. The molecule has 0 aromatic heterocycles. The Morgan fingerprint density at radius 2 is 1.26 bits per heavy atom. The van der Waals surface area contributed by atoms with Gasteiger partial charge >= 0.3 is 0 Å². The van der Waals surface area contributed by atoms with Crippen molar-refractivity contribution in [2.45, 2.75) is 121 Å². The molecule has 0 radical (unpaired) electrons. The number of hydrogen-bond donors (Lipinski definition) is 5. The molecule has 6 nitrogen and oxygen atoms in total. The molecule has 0 aromatic rings. The van der Waals surface area contributed by atoms with Crippen molar-refractivity contribution in [2.24, 2.45) is 0 Å². The van der Waals surface area contributed by atoms with E-state index < -0.39 is 36.7 Å². The van der Waals surface area contributed by atoms with Crippen LogP contribution < -0.4 is 5.32 Å². The van der Waals surface area contributed by atoms with Gasteiger partial charge < -0.3 is 25.2 Å². The number of nitrogens with one attached hydrogen (secondary N) is 1. The van der Waals surface area contributed by atoms with Gasteiger partial charge in [0.25, 0.3) is 0 Å². The second-order valence-electron chi connectivity index (χ2n) is 8.04. The maximum Gasteiger partial charge on any atom is 0.148 e. The van der Waals surface area contributed by atoms with Crippen LogP contribution in [0.1, 0.15) is 90.4 Å². The third-order valence-corrected chi connectivity index (χ3v) is 5.90. The first-order valence-corrected chi connectivity index (χ1v) is 11.0. The summed E-state index contributed by atoms with van der Waals surface area (Å²) in [5.41, 5.74) is -1.12. The molecule has 162 valence electrons. The average molecular weight is 390 g/mol. The topological polar surface area (TPSA) is 102 Å². The smallest absolute Gasteiger partial charge is 0.148 e. The van der Waals surface area contributed by atoms with Crippen molar-refractivity contribution in [2.75, 3.05) is 13.7 Å².